The minimum Gasteiger partial charge on any atom is -0.482 e. The van der Waals surface area contributed by atoms with Crippen LogP contribution in [0, 0.1) is 10.1 Å². The second kappa shape index (κ2) is 6.54. The van der Waals surface area contributed by atoms with Gasteiger partial charge in [-0.25, -0.2) is 0 Å². The quantitative estimate of drug-likeness (QED) is 0.626. The van der Waals surface area contributed by atoms with E-state index < -0.39 is 4.92 Å². The van der Waals surface area contributed by atoms with Crippen molar-refractivity contribution in [2.75, 3.05) is 33.2 Å². The maximum Gasteiger partial charge on any atom is 0.310 e. The van der Waals surface area contributed by atoms with Gasteiger partial charge in [0, 0.05) is 43.9 Å². The number of likely N-dealkylation sites (N-methyl/N-ethyl adjacent to an activating group) is 1. The number of carbonyl (C=O) groups excluding carboxylic acids is 1. The lowest BCUT2D eigenvalue weighted by Crippen LogP contribution is -2.27. The van der Waals surface area contributed by atoms with Crippen LogP contribution >= 0.6 is 0 Å². The van der Waals surface area contributed by atoms with Gasteiger partial charge in [-0.1, -0.05) is 0 Å². The van der Waals surface area contributed by atoms with E-state index in [1.54, 1.807) is 4.90 Å². The van der Waals surface area contributed by atoms with Gasteiger partial charge in [-0.05, 0) is 32.4 Å². The topological polar surface area (TPSA) is 75.9 Å². The molecule has 1 unspecified atom stereocenters. The molecule has 3 rings (SSSR count). The molecule has 0 saturated carbocycles. The molecule has 2 saturated heterocycles. The van der Waals surface area contributed by atoms with Crippen LogP contribution in [0.4, 0.5) is 5.69 Å². The van der Waals surface area contributed by atoms with Crippen molar-refractivity contribution >= 4 is 11.6 Å². The van der Waals surface area contributed by atoms with E-state index in [-0.39, 0.29) is 23.4 Å². The molecule has 1 aromatic rings. The fourth-order valence-corrected chi connectivity index (χ4v) is 3.17. The Morgan fingerprint density at radius 1 is 1.30 bits per heavy atom. The van der Waals surface area contributed by atoms with Gasteiger partial charge >= 0.3 is 5.69 Å². The van der Waals surface area contributed by atoms with Gasteiger partial charge in [0.05, 0.1) is 4.92 Å². The third-order valence-corrected chi connectivity index (χ3v) is 4.44. The lowest BCUT2D eigenvalue weighted by molar-refractivity contribution is -0.386. The Morgan fingerprint density at radius 2 is 2.04 bits per heavy atom. The number of carbonyl (C=O) groups is 1. The van der Waals surface area contributed by atoms with Gasteiger partial charge < -0.3 is 14.5 Å². The number of nitro groups is 1. The summed E-state index contributed by atoms with van der Waals surface area (Å²) >= 11 is 0. The third-order valence-electron chi connectivity index (χ3n) is 4.44. The molecule has 1 amide bonds. The number of rotatable bonds is 4. The Labute approximate surface area is 135 Å². The molecule has 1 atom stereocenters. The molecule has 0 bridgehead atoms. The summed E-state index contributed by atoms with van der Waals surface area (Å²) in [6.45, 7) is 3.14. The molecule has 2 aliphatic heterocycles. The standard InChI is InChI=1S/C16H21N3O4/c1-17-9-6-13(11-17)23-15-10-12(4-5-14(15)19(21)22)16(20)18-7-2-3-8-18/h4-5,10,13H,2-3,6-9,11H2,1H3. The van der Waals surface area contributed by atoms with Crippen molar-refractivity contribution in [3.8, 4) is 5.75 Å². The van der Waals surface area contributed by atoms with Crippen molar-refractivity contribution in [1.82, 2.24) is 9.80 Å². The van der Waals surface area contributed by atoms with Crippen LogP contribution < -0.4 is 4.74 Å². The molecule has 2 heterocycles. The van der Waals surface area contributed by atoms with Crippen LogP contribution in [-0.2, 0) is 0 Å². The zero-order valence-electron chi connectivity index (χ0n) is 13.2. The summed E-state index contributed by atoms with van der Waals surface area (Å²) in [6.07, 6.45) is 2.78. The Hall–Kier alpha value is -2.15. The fraction of sp³-hybridized carbons (Fsp3) is 0.562. The lowest BCUT2D eigenvalue weighted by Gasteiger charge is -2.17. The summed E-state index contributed by atoms with van der Waals surface area (Å²) in [5, 5.41) is 11.2. The van der Waals surface area contributed by atoms with Crippen LogP contribution in [0.5, 0.6) is 5.75 Å². The number of hydrogen-bond acceptors (Lipinski definition) is 5. The first-order valence-corrected chi connectivity index (χ1v) is 7.97. The molecule has 2 aliphatic rings. The van der Waals surface area contributed by atoms with E-state index in [1.807, 2.05) is 7.05 Å². The molecule has 7 heteroatoms. The van der Waals surface area contributed by atoms with Gasteiger partial charge in [0.25, 0.3) is 5.91 Å². The second-order valence-corrected chi connectivity index (χ2v) is 6.23. The lowest BCUT2D eigenvalue weighted by atomic mass is 10.1. The molecule has 0 spiro atoms. The molecule has 0 radical (unpaired) electrons. The Kier molecular flexibility index (Phi) is 4.47. The number of benzene rings is 1. The Bertz CT molecular complexity index is 613. The molecule has 23 heavy (non-hydrogen) atoms. The van der Waals surface area contributed by atoms with E-state index in [1.165, 1.54) is 18.2 Å². The van der Waals surface area contributed by atoms with Crippen molar-refractivity contribution in [3.05, 3.63) is 33.9 Å². The molecular formula is C16H21N3O4. The van der Waals surface area contributed by atoms with Gasteiger partial charge in [-0.2, -0.15) is 0 Å². The summed E-state index contributed by atoms with van der Waals surface area (Å²) in [5.74, 6) is 0.117. The normalized spacial score (nSPS) is 21.6. The molecule has 124 valence electrons. The van der Waals surface area contributed by atoms with Crippen LogP contribution in [0.3, 0.4) is 0 Å². The zero-order chi connectivity index (χ0) is 16.4. The molecule has 0 aromatic heterocycles. The average molecular weight is 319 g/mol. The van der Waals surface area contributed by atoms with Crippen LogP contribution in [0.1, 0.15) is 29.6 Å². The minimum absolute atomic E-state index is 0.0733. The van der Waals surface area contributed by atoms with Gasteiger partial charge in [-0.3, -0.25) is 14.9 Å². The molecule has 0 N–H and O–H groups in total. The summed E-state index contributed by atoms with van der Waals surface area (Å²) in [4.78, 5) is 27.1. The highest BCUT2D eigenvalue weighted by Crippen LogP contribution is 2.31. The van der Waals surface area contributed by atoms with Gasteiger partial charge in [0.1, 0.15) is 6.10 Å². The van der Waals surface area contributed by atoms with Gasteiger partial charge in [0.15, 0.2) is 5.75 Å². The van der Waals surface area contributed by atoms with Crippen molar-refractivity contribution < 1.29 is 14.5 Å². The highest BCUT2D eigenvalue weighted by Gasteiger charge is 2.27. The third kappa shape index (κ3) is 3.44. The first-order valence-electron chi connectivity index (χ1n) is 7.97. The highest BCUT2D eigenvalue weighted by atomic mass is 16.6. The van der Waals surface area contributed by atoms with E-state index >= 15 is 0 Å². The van der Waals surface area contributed by atoms with E-state index in [4.69, 9.17) is 4.74 Å². The summed E-state index contributed by atoms with van der Waals surface area (Å²) in [6, 6.07) is 4.42. The minimum atomic E-state index is -0.460. The monoisotopic (exact) mass is 319 g/mol. The predicted octanol–water partition coefficient (Wildman–Crippen LogP) is 1.91. The number of hydrogen-bond donors (Lipinski definition) is 0. The predicted molar refractivity (Wildman–Crippen MR) is 84.8 cm³/mol. The maximum absolute atomic E-state index is 12.5. The Balaban J connectivity index is 1.83. The van der Waals surface area contributed by atoms with Crippen molar-refractivity contribution in [2.24, 2.45) is 0 Å². The van der Waals surface area contributed by atoms with Gasteiger partial charge in [-0.15, -0.1) is 0 Å². The second-order valence-electron chi connectivity index (χ2n) is 6.23. The molecular weight excluding hydrogens is 298 g/mol. The molecule has 2 fully saturated rings. The maximum atomic E-state index is 12.5. The van der Waals surface area contributed by atoms with E-state index in [2.05, 4.69) is 4.90 Å². The van der Waals surface area contributed by atoms with E-state index in [9.17, 15) is 14.9 Å². The van der Waals surface area contributed by atoms with Crippen LogP contribution in [0.15, 0.2) is 18.2 Å². The van der Waals surface area contributed by atoms with Crippen LogP contribution in [0.25, 0.3) is 0 Å². The number of nitrogens with zero attached hydrogens (tertiary/aromatic N) is 3. The summed E-state index contributed by atoms with van der Waals surface area (Å²) < 4.78 is 5.84. The smallest absolute Gasteiger partial charge is 0.310 e. The SMILES string of the molecule is CN1CCC(Oc2cc(C(=O)N3CCCC3)ccc2[N+](=O)[O-])C1. The zero-order valence-corrected chi connectivity index (χ0v) is 13.2. The van der Waals surface area contributed by atoms with Crippen molar-refractivity contribution in [2.45, 2.75) is 25.4 Å². The average Bonchev–Trinajstić information content (AvgIpc) is 3.18. The molecule has 7 nitrogen and oxygen atoms in total. The first-order chi connectivity index (χ1) is 11.0. The highest BCUT2D eigenvalue weighted by molar-refractivity contribution is 5.95. The van der Waals surface area contributed by atoms with E-state index in [0.29, 0.717) is 5.56 Å². The Morgan fingerprint density at radius 3 is 2.65 bits per heavy atom. The number of likely N-dealkylation sites (tertiary alicyclic amines) is 2. The van der Waals surface area contributed by atoms with Crippen LogP contribution in [0.2, 0.25) is 0 Å². The van der Waals surface area contributed by atoms with Crippen molar-refractivity contribution in [3.63, 3.8) is 0 Å². The van der Waals surface area contributed by atoms with E-state index in [0.717, 1.165) is 45.4 Å². The summed E-state index contributed by atoms with van der Waals surface area (Å²) in [5.41, 5.74) is 0.372. The summed E-state index contributed by atoms with van der Waals surface area (Å²) in [7, 11) is 1.99. The molecule has 0 aliphatic carbocycles. The fourth-order valence-electron chi connectivity index (χ4n) is 3.17. The number of nitro benzene ring substituents is 1. The first kappa shape index (κ1) is 15.7. The van der Waals surface area contributed by atoms with Crippen molar-refractivity contribution in [1.29, 1.82) is 0 Å². The largest absolute Gasteiger partial charge is 0.482 e. The van der Waals surface area contributed by atoms with Crippen LogP contribution in [-0.4, -0.2) is 60.0 Å². The number of amides is 1. The molecule has 1 aromatic carbocycles. The number of ether oxygens (including phenoxy) is 1. The van der Waals surface area contributed by atoms with Gasteiger partial charge in [0.2, 0.25) is 0 Å².